The number of carbonyl (C=O) groups excluding carboxylic acids is 2. The number of hydrogen-bond donors (Lipinski definition) is 3. The van der Waals surface area contributed by atoms with Crippen molar-refractivity contribution >= 4 is 11.9 Å². The Kier molecular flexibility index (Phi) is 68.4. The molecular weight excluding hydrogens is 983 g/mol. The van der Waals surface area contributed by atoms with Crippen LogP contribution in [0, 0.1) is 0 Å². The molecule has 0 radical (unpaired) electrons. The van der Waals surface area contributed by atoms with Gasteiger partial charge >= 0.3 is 5.97 Å². The number of aliphatic hydroxyl groups is 2. The van der Waals surface area contributed by atoms with Gasteiger partial charge in [-0.3, -0.25) is 9.59 Å². The van der Waals surface area contributed by atoms with E-state index < -0.39 is 12.1 Å². The molecule has 0 aliphatic rings. The Morgan fingerprint density at radius 2 is 0.588 bits per heavy atom. The van der Waals surface area contributed by atoms with Crippen LogP contribution in [0.4, 0.5) is 0 Å². The molecule has 0 fully saturated rings. The number of amides is 1. The Hall–Kier alpha value is -1.66. The maximum Gasteiger partial charge on any atom is 0.305 e. The van der Waals surface area contributed by atoms with Crippen molar-refractivity contribution in [2.24, 2.45) is 0 Å². The zero-order valence-electron chi connectivity index (χ0n) is 54.3. The molecule has 6 nitrogen and oxygen atoms in total. The first-order chi connectivity index (χ1) is 39.5. The Balaban J connectivity index is 3.37. The molecule has 0 spiro atoms. The van der Waals surface area contributed by atoms with Crippen molar-refractivity contribution in [1.82, 2.24) is 5.32 Å². The van der Waals surface area contributed by atoms with E-state index in [0.717, 1.165) is 38.5 Å². The van der Waals surface area contributed by atoms with Crippen molar-refractivity contribution in [3.05, 3.63) is 24.3 Å². The number of nitrogens with one attached hydrogen (secondary N) is 1. The predicted octanol–water partition coefficient (Wildman–Crippen LogP) is 23.7. The minimum absolute atomic E-state index is 0.0207. The van der Waals surface area contributed by atoms with Crippen LogP contribution in [0.1, 0.15) is 412 Å². The topological polar surface area (TPSA) is 95.9 Å². The standard InChI is InChI=1S/C74H143NO5/c1-3-5-7-9-11-13-15-17-19-21-36-40-44-48-52-56-60-64-68-74(79)80-69-65-61-57-53-49-45-41-37-33-31-29-27-25-23-22-24-26-28-30-32-35-39-43-47-51-55-59-63-67-73(78)75-71(70-76)72(77)66-62-58-54-50-46-42-38-34-20-18-16-14-12-10-8-6-4-2/h22-23,62,66,71-72,76-77H,3-21,24-61,63-65,67-70H2,1-2H3,(H,75,78)/b23-22-,66-62+. The molecule has 0 heterocycles. The highest BCUT2D eigenvalue weighted by molar-refractivity contribution is 5.76. The van der Waals surface area contributed by atoms with Gasteiger partial charge in [-0.25, -0.2) is 0 Å². The summed E-state index contributed by atoms with van der Waals surface area (Å²) in [5, 5.41) is 23.2. The lowest BCUT2D eigenvalue weighted by Gasteiger charge is -2.20. The van der Waals surface area contributed by atoms with E-state index in [1.165, 1.54) is 347 Å². The fraction of sp³-hybridized carbons (Fsp3) is 0.919. The van der Waals surface area contributed by atoms with Crippen LogP contribution in [0.2, 0.25) is 0 Å². The van der Waals surface area contributed by atoms with Gasteiger partial charge in [0.15, 0.2) is 0 Å². The Labute approximate surface area is 501 Å². The first-order valence-corrected chi connectivity index (χ1v) is 36.6. The molecule has 0 saturated heterocycles. The van der Waals surface area contributed by atoms with E-state index >= 15 is 0 Å². The summed E-state index contributed by atoms with van der Waals surface area (Å²) >= 11 is 0. The van der Waals surface area contributed by atoms with Crippen LogP contribution in [0.5, 0.6) is 0 Å². The van der Waals surface area contributed by atoms with Crippen molar-refractivity contribution in [2.75, 3.05) is 13.2 Å². The fourth-order valence-corrected chi connectivity index (χ4v) is 11.6. The van der Waals surface area contributed by atoms with Gasteiger partial charge < -0.3 is 20.3 Å². The largest absolute Gasteiger partial charge is 0.466 e. The molecule has 0 rings (SSSR count). The minimum atomic E-state index is -0.844. The summed E-state index contributed by atoms with van der Waals surface area (Å²) in [4.78, 5) is 24.6. The van der Waals surface area contributed by atoms with E-state index in [0.29, 0.717) is 19.4 Å². The molecule has 474 valence electrons. The average Bonchev–Trinajstić information content (AvgIpc) is 3.46. The molecule has 0 saturated carbocycles. The number of aliphatic hydroxyl groups excluding tert-OH is 2. The van der Waals surface area contributed by atoms with Crippen LogP contribution < -0.4 is 5.32 Å². The van der Waals surface area contributed by atoms with Crippen LogP contribution in [0.25, 0.3) is 0 Å². The maximum atomic E-state index is 12.5. The van der Waals surface area contributed by atoms with Gasteiger partial charge in [0.25, 0.3) is 0 Å². The monoisotopic (exact) mass is 1130 g/mol. The maximum absolute atomic E-state index is 12.5. The molecular formula is C74H143NO5. The SMILES string of the molecule is CCCCCCCCCCCCCCCCC/C=C/C(O)C(CO)NC(=O)CCCCCCCCCCCCCC/C=C\CCCCCCCCCCCCCCOC(=O)CCCCCCCCCCCCCCCCCCCC. The van der Waals surface area contributed by atoms with Crippen LogP contribution in [0.3, 0.4) is 0 Å². The fourth-order valence-electron chi connectivity index (χ4n) is 11.6. The van der Waals surface area contributed by atoms with Gasteiger partial charge in [0.2, 0.25) is 5.91 Å². The molecule has 0 aromatic rings. The molecule has 6 heteroatoms. The second kappa shape index (κ2) is 69.8. The minimum Gasteiger partial charge on any atom is -0.466 e. The summed E-state index contributed by atoms with van der Waals surface area (Å²) < 4.78 is 5.51. The number of esters is 1. The van der Waals surface area contributed by atoms with Crippen molar-refractivity contribution in [2.45, 2.75) is 424 Å². The molecule has 0 aliphatic carbocycles. The highest BCUT2D eigenvalue weighted by atomic mass is 16.5. The van der Waals surface area contributed by atoms with Crippen molar-refractivity contribution in [3.8, 4) is 0 Å². The normalized spacial score (nSPS) is 12.6. The summed E-state index contributed by atoms with van der Waals surface area (Å²) in [6.45, 7) is 4.95. The second-order valence-corrected chi connectivity index (χ2v) is 25.3. The van der Waals surface area contributed by atoms with Gasteiger partial charge in [-0.05, 0) is 57.8 Å². The van der Waals surface area contributed by atoms with E-state index in [9.17, 15) is 19.8 Å². The molecule has 3 N–H and O–H groups in total. The average molecular weight is 1130 g/mol. The Bertz CT molecular complexity index is 1250. The van der Waals surface area contributed by atoms with E-state index in [-0.39, 0.29) is 18.5 Å². The van der Waals surface area contributed by atoms with E-state index in [1.54, 1.807) is 6.08 Å². The molecule has 0 aromatic heterocycles. The van der Waals surface area contributed by atoms with Gasteiger partial charge in [0, 0.05) is 12.8 Å². The highest BCUT2D eigenvalue weighted by Crippen LogP contribution is 2.19. The molecule has 0 aliphatic heterocycles. The lowest BCUT2D eigenvalue weighted by molar-refractivity contribution is -0.143. The number of allylic oxidation sites excluding steroid dienone is 3. The smallest absolute Gasteiger partial charge is 0.305 e. The molecule has 2 atom stereocenters. The van der Waals surface area contributed by atoms with E-state index in [1.807, 2.05) is 6.08 Å². The summed E-state index contributed by atoms with van der Waals surface area (Å²) in [7, 11) is 0. The van der Waals surface area contributed by atoms with Gasteiger partial charge in [-0.2, -0.15) is 0 Å². The van der Waals surface area contributed by atoms with Gasteiger partial charge in [-0.1, -0.05) is 366 Å². The summed E-state index contributed by atoms with van der Waals surface area (Å²) in [5.74, 6) is -0.0439. The third kappa shape index (κ3) is 65.5. The summed E-state index contributed by atoms with van der Waals surface area (Å²) in [6, 6.07) is -0.628. The van der Waals surface area contributed by atoms with Crippen LogP contribution in [0.15, 0.2) is 24.3 Å². The Morgan fingerprint density at radius 1 is 0.338 bits per heavy atom. The lowest BCUT2D eigenvalue weighted by Crippen LogP contribution is -2.45. The quantitative estimate of drug-likeness (QED) is 0.0320. The van der Waals surface area contributed by atoms with Gasteiger partial charge in [0.1, 0.15) is 0 Å². The van der Waals surface area contributed by atoms with E-state index in [2.05, 4.69) is 31.3 Å². The third-order valence-corrected chi connectivity index (χ3v) is 17.2. The lowest BCUT2D eigenvalue weighted by atomic mass is 10.0. The van der Waals surface area contributed by atoms with Crippen LogP contribution >= 0.6 is 0 Å². The number of ether oxygens (including phenoxy) is 1. The van der Waals surface area contributed by atoms with Gasteiger partial charge in [-0.15, -0.1) is 0 Å². The second-order valence-electron chi connectivity index (χ2n) is 25.3. The highest BCUT2D eigenvalue weighted by Gasteiger charge is 2.18. The first kappa shape index (κ1) is 78.3. The first-order valence-electron chi connectivity index (χ1n) is 36.6. The number of rotatable bonds is 69. The zero-order chi connectivity index (χ0) is 57.8. The van der Waals surface area contributed by atoms with Crippen molar-refractivity contribution in [3.63, 3.8) is 0 Å². The van der Waals surface area contributed by atoms with Crippen LogP contribution in [-0.4, -0.2) is 47.4 Å². The van der Waals surface area contributed by atoms with E-state index in [4.69, 9.17) is 4.74 Å². The molecule has 0 bridgehead atoms. The number of hydrogen-bond acceptors (Lipinski definition) is 5. The molecule has 2 unspecified atom stereocenters. The molecule has 0 aromatic carbocycles. The van der Waals surface area contributed by atoms with Crippen molar-refractivity contribution in [1.29, 1.82) is 0 Å². The van der Waals surface area contributed by atoms with Crippen LogP contribution in [-0.2, 0) is 14.3 Å². The number of unbranched alkanes of at least 4 members (excludes halogenated alkanes) is 56. The predicted molar refractivity (Wildman–Crippen MR) is 352 cm³/mol. The molecule has 1 amide bonds. The molecule has 80 heavy (non-hydrogen) atoms. The summed E-state index contributed by atoms with van der Waals surface area (Å²) in [6.07, 6.45) is 88.4. The number of carbonyl (C=O) groups is 2. The van der Waals surface area contributed by atoms with Gasteiger partial charge in [0.05, 0.1) is 25.4 Å². The van der Waals surface area contributed by atoms with Crippen molar-refractivity contribution < 1.29 is 24.5 Å². The summed E-state index contributed by atoms with van der Waals surface area (Å²) in [5.41, 5.74) is 0. The zero-order valence-corrected chi connectivity index (χ0v) is 54.3. The Morgan fingerprint density at radius 3 is 0.887 bits per heavy atom. The third-order valence-electron chi connectivity index (χ3n) is 17.2.